The molecule has 0 bridgehead atoms. The number of hydrogen-bond donors (Lipinski definition) is 1. The third-order valence-corrected chi connectivity index (χ3v) is 4.79. The Kier molecular flexibility index (Phi) is 10.8. The van der Waals surface area contributed by atoms with Crippen LogP contribution in [0, 0.1) is 0 Å². The summed E-state index contributed by atoms with van der Waals surface area (Å²) in [7, 11) is 0. The summed E-state index contributed by atoms with van der Waals surface area (Å²) < 4.78 is 0. The number of halogens is 5. The summed E-state index contributed by atoms with van der Waals surface area (Å²) in [5, 5.41) is 11.6. The van der Waals surface area contributed by atoms with Gasteiger partial charge >= 0.3 is 0 Å². The summed E-state index contributed by atoms with van der Waals surface area (Å²) in [4.78, 5) is 0. The predicted octanol–water partition coefficient (Wildman–Crippen LogP) is 7.40. The fraction of sp³-hybridized carbons (Fsp3) is 0.111. The van der Waals surface area contributed by atoms with E-state index in [4.69, 9.17) is 51.5 Å². The molecular weight excluding hydrogens is 454 g/mol. The molecule has 0 aliphatic heterocycles. The van der Waals surface area contributed by atoms with Crippen molar-refractivity contribution in [3.05, 3.63) is 79.8 Å². The largest absolute Gasteiger partial charge is 0.392 e. The van der Waals surface area contributed by atoms with Gasteiger partial charge < -0.3 is 5.11 Å². The summed E-state index contributed by atoms with van der Waals surface area (Å²) in [6.45, 7) is 0.00282. The lowest BCUT2D eigenvalue weighted by Gasteiger charge is -1.98. The molecule has 0 saturated carbocycles. The van der Waals surface area contributed by atoms with Crippen LogP contribution < -0.4 is 0 Å². The van der Waals surface area contributed by atoms with E-state index in [9.17, 15) is 0 Å². The molecule has 0 saturated heterocycles. The molecule has 0 aliphatic carbocycles. The second-order valence-corrected chi connectivity index (χ2v) is 6.65. The van der Waals surface area contributed by atoms with Crippen LogP contribution in [-0.2, 0) is 0 Å². The van der Waals surface area contributed by atoms with Crippen molar-refractivity contribution in [3.63, 3.8) is 0 Å². The molecule has 0 radical (unpaired) electrons. The van der Waals surface area contributed by atoms with Crippen LogP contribution in [0.2, 0.25) is 20.1 Å². The number of aliphatic hydroxyl groups excluding tert-OH is 1. The van der Waals surface area contributed by atoms with E-state index in [0.717, 1.165) is 16.5 Å². The average Bonchev–Trinajstić information content (AvgIpc) is 2.58. The van der Waals surface area contributed by atoms with Crippen molar-refractivity contribution in [2.24, 2.45) is 0 Å². The van der Waals surface area contributed by atoms with Crippen molar-refractivity contribution in [1.82, 2.24) is 0 Å². The quantitative estimate of drug-likeness (QED) is 0.463. The zero-order valence-electron chi connectivity index (χ0n) is 12.5. The SMILES string of the molecule is Clc1cccc(/C=C/CBr)c1Cl.OC/C=C/c1cccc(Cl)c1Cl. The van der Waals surface area contributed by atoms with E-state index < -0.39 is 0 Å². The summed E-state index contributed by atoms with van der Waals surface area (Å²) in [5.74, 6) is 0. The molecule has 0 amide bonds. The second-order valence-electron chi connectivity index (χ2n) is 4.43. The molecule has 0 unspecified atom stereocenters. The Morgan fingerprint density at radius 3 is 1.67 bits per heavy atom. The molecule has 2 aromatic carbocycles. The lowest BCUT2D eigenvalue weighted by molar-refractivity contribution is 0.343. The fourth-order valence-electron chi connectivity index (χ4n) is 1.65. The van der Waals surface area contributed by atoms with Gasteiger partial charge in [-0.15, -0.1) is 0 Å². The normalized spacial score (nSPS) is 10.9. The van der Waals surface area contributed by atoms with Gasteiger partial charge in [0.05, 0.1) is 26.7 Å². The van der Waals surface area contributed by atoms with Gasteiger partial charge in [0.15, 0.2) is 0 Å². The zero-order valence-corrected chi connectivity index (χ0v) is 17.1. The van der Waals surface area contributed by atoms with Crippen LogP contribution in [0.15, 0.2) is 48.6 Å². The Labute approximate surface area is 170 Å². The molecular formula is C18H15BrCl4O. The van der Waals surface area contributed by atoms with E-state index in [1.165, 1.54) is 0 Å². The van der Waals surface area contributed by atoms with Gasteiger partial charge in [-0.3, -0.25) is 0 Å². The number of allylic oxidation sites excluding steroid dienone is 1. The van der Waals surface area contributed by atoms with E-state index in [-0.39, 0.29) is 6.61 Å². The highest BCUT2D eigenvalue weighted by molar-refractivity contribution is 9.09. The van der Waals surface area contributed by atoms with Crippen molar-refractivity contribution in [3.8, 4) is 0 Å². The van der Waals surface area contributed by atoms with E-state index in [1.54, 1.807) is 24.3 Å². The van der Waals surface area contributed by atoms with Gasteiger partial charge in [0.1, 0.15) is 0 Å². The maximum Gasteiger partial charge on any atom is 0.0664 e. The Morgan fingerprint density at radius 2 is 1.25 bits per heavy atom. The zero-order chi connectivity index (χ0) is 17.9. The first-order chi connectivity index (χ1) is 11.5. The standard InChI is InChI=1S/C9H7BrCl2.C9H8Cl2O/c10-6-2-4-7-3-1-5-8(11)9(7)12;10-8-5-1-3-7(9(8)11)4-2-6-12/h1-5H,6H2;1-5,12H,6H2/b2*4-2+. The van der Waals surface area contributed by atoms with Crippen LogP contribution in [0.3, 0.4) is 0 Å². The molecule has 6 heteroatoms. The number of alkyl halides is 1. The smallest absolute Gasteiger partial charge is 0.0664 e. The van der Waals surface area contributed by atoms with Crippen LogP contribution in [0.4, 0.5) is 0 Å². The molecule has 1 nitrogen and oxygen atoms in total. The Bertz CT molecular complexity index is 653. The molecule has 128 valence electrons. The lowest BCUT2D eigenvalue weighted by Crippen LogP contribution is -1.77. The molecule has 0 spiro atoms. The van der Waals surface area contributed by atoms with Gasteiger partial charge in [-0.25, -0.2) is 0 Å². The summed E-state index contributed by atoms with van der Waals surface area (Å²) in [5.41, 5.74) is 1.77. The molecule has 24 heavy (non-hydrogen) atoms. The van der Waals surface area contributed by atoms with Crippen molar-refractivity contribution in [1.29, 1.82) is 0 Å². The highest BCUT2D eigenvalue weighted by Gasteiger charge is 2.00. The second kappa shape index (κ2) is 12.0. The maximum absolute atomic E-state index is 8.52. The van der Waals surface area contributed by atoms with E-state index >= 15 is 0 Å². The van der Waals surface area contributed by atoms with Crippen molar-refractivity contribution >= 4 is 74.5 Å². The molecule has 2 rings (SSSR count). The topological polar surface area (TPSA) is 20.2 Å². The minimum Gasteiger partial charge on any atom is -0.392 e. The van der Waals surface area contributed by atoms with Crippen LogP contribution in [0.1, 0.15) is 11.1 Å². The molecule has 0 aromatic heterocycles. The van der Waals surface area contributed by atoms with Crippen LogP contribution in [-0.4, -0.2) is 17.0 Å². The molecule has 0 atom stereocenters. The number of benzene rings is 2. The third kappa shape index (κ3) is 7.18. The molecule has 1 N–H and O–H groups in total. The van der Waals surface area contributed by atoms with Gasteiger partial charge in [-0.1, -0.05) is 111 Å². The van der Waals surface area contributed by atoms with Gasteiger partial charge in [0.25, 0.3) is 0 Å². The van der Waals surface area contributed by atoms with Gasteiger partial charge in [0, 0.05) is 5.33 Å². The highest BCUT2D eigenvalue weighted by atomic mass is 79.9. The van der Waals surface area contributed by atoms with E-state index in [2.05, 4.69) is 15.9 Å². The van der Waals surface area contributed by atoms with Crippen molar-refractivity contribution in [2.45, 2.75) is 0 Å². The maximum atomic E-state index is 8.52. The predicted molar refractivity (Wildman–Crippen MR) is 112 cm³/mol. The first-order valence-corrected chi connectivity index (χ1v) is 9.52. The molecule has 0 aliphatic rings. The van der Waals surface area contributed by atoms with Crippen LogP contribution in [0.5, 0.6) is 0 Å². The monoisotopic (exact) mass is 466 g/mol. The Hall–Kier alpha value is -0.480. The summed E-state index contributed by atoms with van der Waals surface area (Å²) >= 11 is 26.7. The molecule has 0 fully saturated rings. The molecule has 2 aromatic rings. The van der Waals surface area contributed by atoms with Gasteiger partial charge in [-0.05, 0) is 23.3 Å². The van der Waals surface area contributed by atoms with Crippen LogP contribution in [0.25, 0.3) is 12.2 Å². The Balaban J connectivity index is 0.000000240. The lowest BCUT2D eigenvalue weighted by atomic mass is 10.2. The minimum atomic E-state index is 0.00282. The first-order valence-electron chi connectivity index (χ1n) is 6.89. The highest BCUT2D eigenvalue weighted by Crippen LogP contribution is 2.27. The summed E-state index contributed by atoms with van der Waals surface area (Å²) in [6, 6.07) is 10.9. The number of rotatable bonds is 4. The van der Waals surface area contributed by atoms with Crippen molar-refractivity contribution in [2.75, 3.05) is 11.9 Å². The van der Waals surface area contributed by atoms with Crippen LogP contribution >= 0.6 is 62.3 Å². The number of hydrogen-bond acceptors (Lipinski definition) is 1. The first kappa shape index (κ1) is 21.6. The third-order valence-electron chi connectivity index (χ3n) is 2.75. The minimum absolute atomic E-state index is 0.00282. The van der Waals surface area contributed by atoms with E-state index in [1.807, 2.05) is 36.4 Å². The molecule has 0 heterocycles. The van der Waals surface area contributed by atoms with E-state index in [0.29, 0.717) is 20.1 Å². The summed E-state index contributed by atoms with van der Waals surface area (Å²) in [6.07, 6.45) is 7.24. The van der Waals surface area contributed by atoms with Gasteiger partial charge in [0.2, 0.25) is 0 Å². The van der Waals surface area contributed by atoms with Crippen molar-refractivity contribution < 1.29 is 5.11 Å². The Morgan fingerprint density at radius 1 is 0.792 bits per heavy atom. The fourth-order valence-corrected chi connectivity index (χ4v) is 2.58. The number of aliphatic hydroxyl groups is 1. The average molecular weight is 469 g/mol. The van der Waals surface area contributed by atoms with Gasteiger partial charge in [-0.2, -0.15) is 0 Å².